The minimum absolute atomic E-state index is 0.0249. The summed E-state index contributed by atoms with van der Waals surface area (Å²) in [6.07, 6.45) is 11.5. The number of carbonyl (C=O) groups is 4. The summed E-state index contributed by atoms with van der Waals surface area (Å²) >= 11 is 1.46. The van der Waals surface area contributed by atoms with E-state index < -0.39 is 49.2 Å². The fraction of sp³-hybridized carbons (Fsp3) is 0.697. The normalized spacial score (nSPS) is 15.6. The second kappa shape index (κ2) is 22.2. The second-order valence-corrected chi connectivity index (χ2v) is 16.2. The third kappa shape index (κ3) is 19.7. The van der Waals surface area contributed by atoms with Gasteiger partial charge in [0.2, 0.25) is 25.1 Å². The molecule has 0 rings (SSSR count). The number of amides is 3. The van der Waals surface area contributed by atoms with Crippen LogP contribution in [0.2, 0.25) is 0 Å². The highest BCUT2D eigenvalue weighted by Crippen LogP contribution is 2.41. The van der Waals surface area contributed by atoms with Gasteiger partial charge in [0, 0.05) is 18.7 Å². The minimum Gasteiger partial charge on any atom is -0.480 e. The standard InChI is InChI=1S/C33H58N3O7PS/c1-22(2)12-10-13-25(7)14-11-15-26(8)16-19-44(42,43)20-17-28(37)35-29(23(3)4)32(39)36-30(24(5)6)31(38)34-27(33(40)41)18-21-45-9/h12,14,16,23-24,27,29-30H,10-11,13,15,17-21H2,1-9H3,(H,34,38)(H,35,37)(H,36,39)(H,40,41)(H,42,43)/t27-,29-,30-/m0/s1. The van der Waals surface area contributed by atoms with Crippen molar-refractivity contribution in [3.05, 3.63) is 34.9 Å². The highest BCUT2D eigenvalue weighted by atomic mass is 32.2. The van der Waals surface area contributed by atoms with Crippen LogP contribution in [0.3, 0.4) is 0 Å². The average Bonchev–Trinajstić information content (AvgIpc) is 2.93. The Morgan fingerprint density at radius 2 is 1.29 bits per heavy atom. The number of carboxylic acid groups (broad SMARTS) is 1. The number of rotatable bonds is 22. The number of carboxylic acids is 1. The summed E-state index contributed by atoms with van der Waals surface area (Å²) in [4.78, 5) is 60.9. The first-order valence-corrected chi connectivity index (χ1v) is 19.2. The first kappa shape index (κ1) is 42.6. The van der Waals surface area contributed by atoms with Gasteiger partial charge in [0.05, 0.1) is 0 Å². The zero-order valence-electron chi connectivity index (χ0n) is 28.8. The van der Waals surface area contributed by atoms with Crippen LogP contribution in [0.4, 0.5) is 0 Å². The van der Waals surface area contributed by atoms with Crippen molar-refractivity contribution in [1.29, 1.82) is 0 Å². The third-order valence-corrected chi connectivity index (χ3v) is 9.59. The van der Waals surface area contributed by atoms with Crippen molar-refractivity contribution >= 4 is 42.8 Å². The molecule has 4 atom stereocenters. The van der Waals surface area contributed by atoms with E-state index in [1.807, 2.05) is 13.2 Å². The highest BCUT2D eigenvalue weighted by molar-refractivity contribution is 7.98. The number of allylic oxidation sites excluding steroid dienone is 6. The Morgan fingerprint density at radius 1 is 0.778 bits per heavy atom. The number of hydrogen-bond donors (Lipinski definition) is 5. The molecular weight excluding hydrogens is 613 g/mol. The highest BCUT2D eigenvalue weighted by Gasteiger charge is 2.32. The lowest BCUT2D eigenvalue weighted by atomic mass is 9.99. The zero-order valence-corrected chi connectivity index (χ0v) is 30.5. The Bertz CT molecular complexity index is 1110. The number of hydrogen-bond acceptors (Lipinski definition) is 6. The molecular formula is C33H58N3O7PS. The topological polar surface area (TPSA) is 162 Å². The van der Waals surface area contributed by atoms with Gasteiger partial charge in [-0.2, -0.15) is 11.8 Å². The van der Waals surface area contributed by atoms with Crippen LogP contribution in [0.15, 0.2) is 34.9 Å². The van der Waals surface area contributed by atoms with Gasteiger partial charge in [-0.15, -0.1) is 0 Å². The van der Waals surface area contributed by atoms with E-state index in [0.29, 0.717) is 5.75 Å². The van der Waals surface area contributed by atoms with Crippen molar-refractivity contribution in [3.63, 3.8) is 0 Å². The summed E-state index contributed by atoms with van der Waals surface area (Å²) in [7, 11) is -3.61. The smallest absolute Gasteiger partial charge is 0.326 e. The molecule has 0 fully saturated rings. The predicted molar refractivity (Wildman–Crippen MR) is 186 cm³/mol. The van der Waals surface area contributed by atoms with Crippen molar-refractivity contribution in [3.8, 4) is 0 Å². The van der Waals surface area contributed by atoms with Crippen LogP contribution in [0.5, 0.6) is 0 Å². The van der Waals surface area contributed by atoms with Gasteiger partial charge < -0.3 is 26.0 Å². The summed E-state index contributed by atoms with van der Waals surface area (Å²) in [6, 6.07) is -3.08. The molecule has 1 unspecified atom stereocenters. The van der Waals surface area contributed by atoms with E-state index in [2.05, 4.69) is 48.9 Å². The molecule has 0 aromatic rings. The van der Waals surface area contributed by atoms with Crippen molar-refractivity contribution in [2.24, 2.45) is 11.8 Å². The summed E-state index contributed by atoms with van der Waals surface area (Å²) in [5.41, 5.74) is 3.65. The molecule has 0 aliphatic rings. The van der Waals surface area contributed by atoms with Gasteiger partial charge in [-0.05, 0) is 83.6 Å². The Morgan fingerprint density at radius 3 is 1.80 bits per heavy atom. The lowest BCUT2D eigenvalue weighted by Gasteiger charge is -2.28. The molecule has 0 saturated heterocycles. The summed E-state index contributed by atoms with van der Waals surface area (Å²) < 4.78 is 12.8. The molecule has 258 valence electrons. The van der Waals surface area contributed by atoms with E-state index in [-0.39, 0.29) is 37.0 Å². The fourth-order valence-corrected chi connectivity index (χ4v) is 6.12. The second-order valence-electron chi connectivity index (χ2n) is 12.7. The predicted octanol–water partition coefficient (Wildman–Crippen LogP) is 5.67. The summed E-state index contributed by atoms with van der Waals surface area (Å²) in [6.45, 7) is 15.2. The Hall–Kier alpha value is -2.36. The summed E-state index contributed by atoms with van der Waals surface area (Å²) in [5, 5.41) is 17.3. The van der Waals surface area contributed by atoms with E-state index in [4.69, 9.17) is 0 Å². The molecule has 0 saturated carbocycles. The molecule has 0 aliphatic carbocycles. The average molecular weight is 672 g/mol. The van der Waals surface area contributed by atoms with Gasteiger partial charge in [0.25, 0.3) is 0 Å². The number of nitrogens with one attached hydrogen (secondary N) is 3. The monoisotopic (exact) mass is 671 g/mol. The van der Waals surface area contributed by atoms with Gasteiger partial charge in [-0.1, -0.05) is 62.6 Å². The first-order valence-electron chi connectivity index (χ1n) is 15.8. The first-order chi connectivity index (χ1) is 20.9. The molecule has 0 radical (unpaired) electrons. The number of aliphatic carboxylic acids is 1. The number of carbonyl (C=O) groups excluding carboxylic acids is 3. The Balaban J connectivity index is 5.09. The maximum absolute atomic E-state index is 13.2. The molecule has 0 aromatic heterocycles. The van der Waals surface area contributed by atoms with Crippen molar-refractivity contribution in [1.82, 2.24) is 16.0 Å². The van der Waals surface area contributed by atoms with E-state index >= 15 is 0 Å². The van der Waals surface area contributed by atoms with Crippen LogP contribution in [-0.2, 0) is 23.7 Å². The van der Waals surface area contributed by atoms with Crippen molar-refractivity contribution in [2.75, 3.05) is 24.3 Å². The molecule has 12 heteroatoms. The van der Waals surface area contributed by atoms with Crippen LogP contribution in [0, 0.1) is 11.8 Å². The molecule has 0 bridgehead atoms. The van der Waals surface area contributed by atoms with Crippen molar-refractivity contribution in [2.45, 2.75) is 112 Å². The van der Waals surface area contributed by atoms with Crippen LogP contribution >= 0.6 is 19.1 Å². The summed E-state index contributed by atoms with van der Waals surface area (Å²) in [5.74, 6) is -3.04. The Kier molecular flexibility index (Phi) is 21.0. The van der Waals surface area contributed by atoms with Crippen molar-refractivity contribution < 1.29 is 33.7 Å². The fourth-order valence-electron chi connectivity index (χ4n) is 4.32. The van der Waals surface area contributed by atoms with E-state index in [1.165, 1.54) is 22.9 Å². The van der Waals surface area contributed by atoms with Gasteiger partial charge in [0.15, 0.2) is 0 Å². The maximum Gasteiger partial charge on any atom is 0.326 e. The van der Waals surface area contributed by atoms with Crippen LogP contribution < -0.4 is 16.0 Å². The molecule has 0 aliphatic heterocycles. The molecule has 3 amide bonds. The largest absolute Gasteiger partial charge is 0.480 e. The molecule has 45 heavy (non-hydrogen) atoms. The van der Waals surface area contributed by atoms with E-state index in [1.54, 1.807) is 33.8 Å². The molecule has 0 spiro atoms. The molecule has 10 nitrogen and oxygen atoms in total. The van der Waals surface area contributed by atoms with Crippen LogP contribution in [0.25, 0.3) is 0 Å². The van der Waals surface area contributed by atoms with Gasteiger partial charge >= 0.3 is 5.97 Å². The SMILES string of the molecule is CSCC[C@H](NC(=O)[C@@H](NC(=O)[C@@H](NC(=O)CCP(=O)(O)CC=C(C)CCC=C(C)CCC=C(C)C)C(C)C)C(C)C)C(=O)O. The molecule has 0 aromatic carbocycles. The van der Waals surface area contributed by atoms with Crippen LogP contribution in [0.1, 0.15) is 93.9 Å². The quantitative estimate of drug-likeness (QED) is 0.0727. The lowest BCUT2D eigenvalue weighted by molar-refractivity contribution is -0.142. The van der Waals surface area contributed by atoms with E-state index in [9.17, 15) is 33.7 Å². The molecule has 5 N–H and O–H groups in total. The Labute approximate surface area is 275 Å². The zero-order chi connectivity index (χ0) is 34.7. The van der Waals surface area contributed by atoms with E-state index in [0.717, 1.165) is 31.3 Å². The maximum atomic E-state index is 13.2. The van der Waals surface area contributed by atoms with Gasteiger partial charge in [-0.25, -0.2) is 4.79 Å². The minimum atomic E-state index is -3.61. The number of thioether (sulfide) groups is 1. The van der Waals surface area contributed by atoms with Gasteiger partial charge in [-0.3, -0.25) is 18.9 Å². The van der Waals surface area contributed by atoms with Crippen LogP contribution in [-0.4, -0.2) is 76.1 Å². The third-order valence-electron chi connectivity index (χ3n) is 7.27. The molecule has 0 heterocycles. The lowest BCUT2D eigenvalue weighted by Crippen LogP contribution is -2.58. The van der Waals surface area contributed by atoms with Gasteiger partial charge in [0.1, 0.15) is 18.1 Å².